The molecule has 0 fully saturated rings. The Morgan fingerprint density at radius 1 is 1.21 bits per heavy atom. The van der Waals surface area contributed by atoms with Gasteiger partial charge in [-0.05, 0) is 58.3 Å². The molecule has 2 aromatic rings. The Hall–Kier alpha value is 1.44. The van der Waals surface area contributed by atoms with E-state index in [1.54, 1.807) is 20.3 Å². The van der Waals surface area contributed by atoms with Gasteiger partial charge < -0.3 is 0 Å². The van der Waals surface area contributed by atoms with Crippen molar-refractivity contribution in [3.63, 3.8) is 0 Å². The molecule has 0 amide bonds. The van der Waals surface area contributed by atoms with Crippen molar-refractivity contribution < 1.29 is 0 Å². The predicted octanol–water partition coefficient (Wildman–Crippen LogP) is 6.44. The molecule has 2 rings (SSSR count). The van der Waals surface area contributed by atoms with Crippen molar-refractivity contribution in [2.24, 2.45) is 0 Å². The van der Waals surface area contributed by atoms with Crippen LogP contribution >= 0.6 is 84.7 Å². The first-order valence-electron chi connectivity index (χ1n) is 3.53. The Balaban J connectivity index is 2.51. The van der Waals surface area contributed by atoms with Crippen LogP contribution in [0.1, 0.15) is 0 Å². The molecule has 0 aromatic carbocycles. The van der Waals surface area contributed by atoms with Crippen LogP contribution < -0.4 is 0 Å². The van der Waals surface area contributed by atoms with Crippen molar-refractivity contribution in [2.45, 2.75) is 4.21 Å². The lowest BCUT2D eigenvalue weighted by molar-refractivity contribution is 1.70. The maximum Gasteiger partial charge on any atom is 0.0720 e. The highest BCUT2D eigenvalue weighted by molar-refractivity contribution is 14.2. The molecule has 0 saturated heterocycles. The molecule has 0 nitrogen and oxygen atoms in total. The molecular weight excluding hydrogens is 479 g/mol. The zero-order valence-corrected chi connectivity index (χ0v) is 14.4. The second-order valence-corrected chi connectivity index (χ2v) is 8.27. The van der Waals surface area contributed by atoms with Crippen molar-refractivity contribution in [1.29, 1.82) is 0 Å². The molecule has 74 valence electrons. The Morgan fingerprint density at radius 2 is 2.00 bits per heavy atom. The van der Waals surface area contributed by atoms with Gasteiger partial charge in [0.1, 0.15) is 0 Å². The van der Waals surface area contributed by atoms with Crippen molar-refractivity contribution in [3.05, 3.63) is 26.5 Å². The molecule has 0 N–H and O–H groups in total. The lowest BCUT2D eigenvalue weighted by Gasteiger charge is -1.94. The standard InChI is InChI=1S/C8H3Br2IS3/c9-4-1-2-12-7(4)8-5(10)3-6(13-8)14-11/h1-3H. The van der Waals surface area contributed by atoms with Crippen LogP contribution in [-0.4, -0.2) is 0 Å². The van der Waals surface area contributed by atoms with Gasteiger partial charge in [0.15, 0.2) is 0 Å². The summed E-state index contributed by atoms with van der Waals surface area (Å²) in [7, 11) is 1.75. The monoisotopic (exact) mass is 480 g/mol. The summed E-state index contributed by atoms with van der Waals surface area (Å²) < 4.78 is 3.69. The minimum absolute atomic E-state index is 1.18. The van der Waals surface area contributed by atoms with Crippen LogP contribution in [0.3, 0.4) is 0 Å². The summed E-state index contributed by atoms with van der Waals surface area (Å²) in [6.07, 6.45) is 0. The summed E-state index contributed by atoms with van der Waals surface area (Å²) in [6.45, 7) is 0. The second kappa shape index (κ2) is 5.18. The highest BCUT2D eigenvalue weighted by Crippen LogP contribution is 2.46. The lowest BCUT2D eigenvalue weighted by Crippen LogP contribution is -1.64. The molecule has 6 heteroatoms. The van der Waals surface area contributed by atoms with E-state index in [-0.39, 0.29) is 0 Å². The third-order valence-corrected chi connectivity index (χ3v) is 8.47. The topological polar surface area (TPSA) is 0 Å². The van der Waals surface area contributed by atoms with Gasteiger partial charge in [-0.3, -0.25) is 0 Å². The largest absolute Gasteiger partial charge is 0.142 e. The first-order chi connectivity index (χ1) is 6.72. The van der Waals surface area contributed by atoms with Gasteiger partial charge in [0.25, 0.3) is 0 Å². The van der Waals surface area contributed by atoms with Crippen LogP contribution in [0.15, 0.2) is 30.7 Å². The van der Waals surface area contributed by atoms with E-state index in [1.165, 1.54) is 22.9 Å². The smallest absolute Gasteiger partial charge is 0.0720 e. The molecule has 0 unspecified atom stereocenters. The summed E-state index contributed by atoms with van der Waals surface area (Å²) in [5, 5.41) is 2.10. The minimum atomic E-state index is 1.18. The Bertz CT molecular complexity index is 449. The number of hydrogen-bond donors (Lipinski definition) is 0. The molecule has 0 aliphatic rings. The first kappa shape index (κ1) is 11.9. The van der Waals surface area contributed by atoms with Gasteiger partial charge in [0.2, 0.25) is 0 Å². The highest BCUT2D eigenvalue weighted by atomic mass is 127. The molecule has 0 radical (unpaired) electrons. The first-order valence-corrected chi connectivity index (χ1v) is 10.2. The zero-order valence-electron chi connectivity index (χ0n) is 6.59. The van der Waals surface area contributed by atoms with Gasteiger partial charge in [0, 0.05) is 30.2 Å². The SMILES string of the molecule is Brc1ccsc1-c1sc(SI)cc1Br. The molecule has 2 aromatic heterocycles. The Kier molecular flexibility index (Phi) is 4.41. The highest BCUT2D eigenvalue weighted by Gasteiger charge is 2.12. The molecule has 0 bridgehead atoms. The quantitative estimate of drug-likeness (QED) is 0.444. The van der Waals surface area contributed by atoms with E-state index in [2.05, 4.69) is 70.6 Å². The van der Waals surface area contributed by atoms with Crippen molar-refractivity contribution in [1.82, 2.24) is 0 Å². The van der Waals surface area contributed by atoms with E-state index in [4.69, 9.17) is 0 Å². The van der Waals surface area contributed by atoms with E-state index in [0.29, 0.717) is 0 Å². The van der Waals surface area contributed by atoms with Gasteiger partial charge in [-0.1, -0.05) is 0 Å². The van der Waals surface area contributed by atoms with Crippen LogP contribution in [0.5, 0.6) is 0 Å². The summed E-state index contributed by atoms with van der Waals surface area (Å²) in [5.74, 6) is 0. The number of hydrogen-bond acceptors (Lipinski definition) is 3. The van der Waals surface area contributed by atoms with Crippen LogP contribution in [-0.2, 0) is 0 Å². The fourth-order valence-electron chi connectivity index (χ4n) is 0.996. The van der Waals surface area contributed by atoms with Crippen molar-refractivity contribution >= 4 is 84.7 Å². The van der Waals surface area contributed by atoms with E-state index in [9.17, 15) is 0 Å². The molecular formula is C8H3Br2IS3. The number of thiophene rings is 2. The van der Waals surface area contributed by atoms with E-state index >= 15 is 0 Å². The number of rotatable bonds is 2. The summed E-state index contributed by atoms with van der Waals surface area (Å²) in [6, 6.07) is 4.26. The zero-order chi connectivity index (χ0) is 10.1. The van der Waals surface area contributed by atoms with Gasteiger partial charge in [0.05, 0.1) is 14.0 Å². The van der Waals surface area contributed by atoms with Gasteiger partial charge in [-0.15, -0.1) is 22.7 Å². The van der Waals surface area contributed by atoms with Gasteiger partial charge in [-0.25, -0.2) is 0 Å². The fraction of sp³-hybridized carbons (Fsp3) is 0. The molecule has 2 heterocycles. The van der Waals surface area contributed by atoms with E-state index in [1.807, 2.05) is 11.3 Å². The summed E-state index contributed by atoms with van der Waals surface area (Å²) in [4.78, 5) is 2.62. The Labute approximate surface area is 123 Å². The van der Waals surface area contributed by atoms with Gasteiger partial charge >= 0.3 is 0 Å². The van der Waals surface area contributed by atoms with Crippen molar-refractivity contribution in [3.8, 4) is 9.75 Å². The minimum Gasteiger partial charge on any atom is -0.142 e. The molecule has 0 atom stereocenters. The molecule has 14 heavy (non-hydrogen) atoms. The molecule has 0 aliphatic carbocycles. The average molecular weight is 482 g/mol. The molecule has 0 saturated carbocycles. The van der Waals surface area contributed by atoms with E-state index < -0.39 is 0 Å². The van der Waals surface area contributed by atoms with E-state index in [0.717, 1.165) is 0 Å². The average Bonchev–Trinajstić information content (AvgIpc) is 2.72. The molecule has 0 aliphatic heterocycles. The third-order valence-electron chi connectivity index (χ3n) is 1.56. The van der Waals surface area contributed by atoms with Crippen LogP contribution in [0.4, 0.5) is 0 Å². The fourth-order valence-corrected chi connectivity index (χ4v) is 6.49. The van der Waals surface area contributed by atoms with Crippen LogP contribution in [0.25, 0.3) is 9.75 Å². The number of halogens is 3. The normalized spacial score (nSPS) is 10.8. The summed E-state index contributed by atoms with van der Waals surface area (Å²) in [5.41, 5.74) is 0. The maximum atomic E-state index is 3.59. The van der Waals surface area contributed by atoms with Crippen molar-refractivity contribution in [2.75, 3.05) is 0 Å². The van der Waals surface area contributed by atoms with Gasteiger partial charge in [-0.2, -0.15) is 0 Å². The maximum absolute atomic E-state index is 3.59. The van der Waals surface area contributed by atoms with Crippen LogP contribution in [0.2, 0.25) is 0 Å². The predicted molar refractivity (Wildman–Crippen MR) is 82.9 cm³/mol. The molecule has 0 spiro atoms. The third kappa shape index (κ3) is 2.40. The lowest BCUT2D eigenvalue weighted by atomic mass is 10.4. The second-order valence-electron chi connectivity index (χ2n) is 2.42. The van der Waals surface area contributed by atoms with Crippen LogP contribution in [0, 0.1) is 0 Å². The Morgan fingerprint density at radius 3 is 2.50 bits per heavy atom. The summed E-state index contributed by atoms with van der Waals surface area (Å²) >= 11 is 13.0.